The third-order valence-corrected chi connectivity index (χ3v) is 4.45. The van der Waals surface area contributed by atoms with Gasteiger partial charge in [0, 0.05) is 31.7 Å². The van der Waals surface area contributed by atoms with Crippen LogP contribution < -0.4 is 0 Å². The van der Waals surface area contributed by atoms with Gasteiger partial charge in [-0.15, -0.1) is 0 Å². The van der Waals surface area contributed by atoms with E-state index in [1.807, 2.05) is 10.8 Å². The second-order valence-electron chi connectivity index (χ2n) is 6.04. The van der Waals surface area contributed by atoms with Gasteiger partial charge in [-0.1, -0.05) is 11.6 Å². The zero-order chi connectivity index (χ0) is 15.0. The number of carboxylic acids is 1. The normalized spacial score (nSPS) is 22.3. The first-order valence-corrected chi connectivity index (χ1v) is 7.81. The molecule has 2 aliphatic rings. The molecule has 1 atom stereocenters. The molecule has 1 N–H and O–H groups in total. The Morgan fingerprint density at radius 1 is 1.33 bits per heavy atom. The van der Waals surface area contributed by atoms with Crippen LogP contribution in [0, 0.1) is 5.92 Å². The molecule has 1 aromatic rings. The van der Waals surface area contributed by atoms with Crippen LogP contribution in [0.2, 0.25) is 5.02 Å². The molecular weight excluding hydrogens is 292 g/mol. The number of aliphatic carboxylic acids is 1. The molecule has 1 aliphatic heterocycles. The number of hydrogen-bond donors (Lipinski definition) is 1. The summed E-state index contributed by atoms with van der Waals surface area (Å²) in [6.45, 7) is 1.22. The van der Waals surface area contributed by atoms with Gasteiger partial charge in [-0.3, -0.25) is 9.59 Å². The SMILES string of the molecule is O=C(O)CC1CCCN(C(=O)c2cc(Cl)cn2C2CC2)C1. The number of aromatic nitrogens is 1. The number of hydrogen-bond acceptors (Lipinski definition) is 2. The Hall–Kier alpha value is -1.49. The van der Waals surface area contributed by atoms with Crippen molar-refractivity contribution in [2.24, 2.45) is 5.92 Å². The van der Waals surface area contributed by atoms with Gasteiger partial charge in [-0.2, -0.15) is 0 Å². The van der Waals surface area contributed by atoms with Crippen molar-refractivity contribution in [1.29, 1.82) is 0 Å². The van der Waals surface area contributed by atoms with Crippen LogP contribution in [0.25, 0.3) is 0 Å². The number of carbonyl (C=O) groups excluding carboxylic acids is 1. The van der Waals surface area contributed by atoms with Crippen LogP contribution in [-0.4, -0.2) is 39.5 Å². The average Bonchev–Trinajstić information content (AvgIpc) is 3.20. The lowest BCUT2D eigenvalue weighted by molar-refractivity contribution is -0.138. The number of likely N-dealkylation sites (tertiary alicyclic amines) is 1. The molecule has 0 spiro atoms. The number of carboxylic acid groups (broad SMARTS) is 1. The molecule has 0 bridgehead atoms. The van der Waals surface area contributed by atoms with Gasteiger partial charge in [-0.25, -0.2) is 0 Å². The van der Waals surface area contributed by atoms with Crippen LogP contribution in [0.1, 0.15) is 48.6 Å². The molecule has 1 aliphatic carbocycles. The van der Waals surface area contributed by atoms with Gasteiger partial charge < -0.3 is 14.6 Å². The molecule has 21 heavy (non-hydrogen) atoms. The molecule has 0 radical (unpaired) electrons. The van der Waals surface area contributed by atoms with E-state index in [0.29, 0.717) is 29.8 Å². The number of carbonyl (C=O) groups is 2. The van der Waals surface area contributed by atoms with Crippen LogP contribution in [0.15, 0.2) is 12.3 Å². The zero-order valence-electron chi connectivity index (χ0n) is 11.8. The third-order valence-electron chi connectivity index (χ3n) is 4.24. The van der Waals surface area contributed by atoms with E-state index in [1.165, 1.54) is 0 Å². The summed E-state index contributed by atoms with van der Waals surface area (Å²) in [6, 6.07) is 2.12. The summed E-state index contributed by atoms with van der Waals surface area (Å²) in [6.07, 6.45) is 5.88. The molecule has 1 amide bonds. The van der Waals surface area contributed by atoms with E-state index in [-0.39, 0.29) is 18.2 Å². The van der Waals surface area contributed by atoms with Gasteiger partial charge in [0.25, 0.3) is 5.91 Å². The van der Waals surface area contributed by atoms with Crippen molar-refractivity contribution >= 4 is 23.5 Å². The van der Waals surface area contributed by atoms with Gasteiger partial charge in [0.15, 0.2) is 0 Å². The van der Waals surface area contributed by atoms with Crippen molar-refractivity contribution in [3.05, 3.63) is 23.0 Å². The molecule has 6 heteroatoms. The van der Waals surface area contributed by atoms with E-state index >= 15 is 0 Å². The highest BCUT2D eigenvalue weighted by atomic mass is 35.5. The van der Waals surface area contributed by atoms with Crippen molar-refractivity contribution in [3.8, 4) is 0 Å². The minimum atomic E-state index is -0.793. The lowest BCUT2D eigenvalue weighted by atomic mass is 9.94. The largest absolute Gasteiger partial charge is 0.481 e. The molecule has 0 aromatic carbocycles. The fraction of sp³-hybridized carbons (Fsp3) is 0.600. The van der Waals surface area contributed by atoms with Gasteiger partial charge in [0.05, 0.1) is 5.02 Å². The van der Waals surface area contributed by atoms with Gasteiger partial charge in [0.2, 0.25) is 0 Å². The van der Waals surface area contributed by atoms with Gasteiger partial charge in [0.1, 0.15) is 5.69 Å². The van der Waals surface area contributed by atoms with Crippen molar-refractivity contribution in [1.82, 2.24) is 9.47 Å². The van der Waals surface area contributed by atoms with E-state index in [0.717, 1.165) is 25.7 Å². The van der Waals surface area contributed by atoms with E-state index < -0.39 is 5.97 Å². The first kappa shape index (κ1) is 14.4. The summed E-state index contributed by atoms with van der Waals surface area (Å²) in [5.74, 6) is -0.761. The number of amides is 1. The van der Waals surface area contributed by atoms with Crippen molar-refractivity contribution < 1.29 is 14.7 Å². The predicted octanol–water partition coefficient (Wildman–Crippen LogP) is 2.80. The average molecular weight is 311 g/mol. The van der Waals surface area contributed by atoms with Gasteiger partial charge in [-0.05, 0) is 37.7 Å². The quantitative estimate of drug-likeness (QED) is 0.930. The lowest BCUT2D eigenvalue weighted by Gasteiger charge is -2.32. The summed E-state index contributed by atoms with van der Waals surface area (Å²) >= 11 is 6.05. The number of piperidine rings is 1. The summed E-state index contributed by atoms with van der Waals surface area (Å²) in [7, 11) is 0. The molecule has 2 heterocycles. The van der Waals surface area contributed by atoms with Crippen LogP contribution in [-0.2, 0) is 4.79 Å². The highest BCUT2D eigenvalue weighted by Crippen LogP contribution is 2.38. The summed E-state index contributed by atoms with van der Waals surface area (Å²) in [4.78, 5) is 25.3. The first-order valence-electron chi connectivity index (χ1n) is 7.43. The Morgan fingerprint density at radius 2 is 2.10 bits per heavy atom. The molecule has 5 nitrogen and oxygen atoms in total. The number of halogens is 1. The minimum absolute atomic E-state index is 0.0242. The standard InChI is InChI=1S/C15H19ClN2O3/c16-11-7-13(18(9-11)12-3-4-12)15(21)17-5-1-2-10(8-17)6-14(19)20/h7,9-10,12H,1-6,8H2,(H,19,20). The second kappa shape index (κ2) is 5.72. The highest BCUT2D eigenvalue weighted by molar-refractivity contribution is 6.31. The van der Waals surface area contributed by atoms with E-state index in [2.05, 4.69) is 0 Å². The van der Waals surface area contributed by atoms with Crippen LogP contribution >= 0.6 is 11.6 Å². The first-order chi connectivity index (χ1) is 10.0. The molecular formula is C15H19ClN2O3. The Morgan fingerprint density at radius 3 is 2.76 bits per heavy atom. The van der Waals surface area contributed by atoms with Crippen LogP contribution in [0.4, 0.5) is 0 Å². The topological polar surface area (TPSA) is 62.5 Å². The summed E-state index contributed by atoms with van der Waals surface area (Å²) < 4.78 is 1.98. The number of nitrogens with zero attached hydrogens (tertiary/aromatic N) is 2. The maximum absolute atomic E-state index is 12.7. The zero-order valence-corrected chi connectivity index (χ0v) is 12.6. The summed E-state index contributed by atoms with van der Waals surface area (Å²) in [5, 5.41) is 9.50. The summed E-state index contributed by atoms with van der Waals surface area (Å²) in [5.41, 5.74) is 0.637. The molecule has 1 saturated heterocycles. The molecule has 2 fully saturated rings. The fourth-order valence-electron chi connectivity index (χ4n) is 3.10. The predicted molar refractivity (Wildman–Crippen MR) is 78.6 cm³/mol. The monoisotopic (exact) mass is 310 g/mol. The Bertz CT molecular complexity index is 565. The smallest absolute Gasteiger partial charge is 0.303 e. The maximum Gasteiger partial charge on any atom is 0.303 e. The Kier molecular flexibility index (Phi) is 3.93. The molecule has 114 valence electrons. The fourth-order valence-corrected chi connectivity index (χ4v) is 3.31. The lowest BCUT2D eigenvalue weighted by Crippen LogP contribution is -2.41. The highest BCUT2D eigenvalue weighted by Gasteiger charge is 2.31. The van der Waals surface area contributed by atoms with Crippen molar-refractivity contribution in [2.45, 2.75) is 38.1 Å². The Labute approximate surface area is 128 Å². The number of rotatable bonds is 4. The van der Waals surface area contributed by atoms with Gasteiger partial charge >= 0.3 is 5.97 Å². The molecule has 3 rings (SSSR count). The van der Waals surface area contributed by atoms with E-state index in [9.17, 15) is 9.59 Å². The molecule has 1 unspecified atom stereocenters. The van der Waals surface area contributed by atoms with Crippen molar-refractivity contribution in [3.63, 3.8) is 0 Å². The third kappa shape index (κ3) is 3.23. The Balaban J connectivity index is 1.74. The van der Waals surface area contributed by atoms with Crippen LogP contribution in [0.3, 0.4) is 0 Å². The van der Waals surface area contributed by atoms with Crippen molar-refractivity contribution in [2.75, 3.05) is 13.1 Å². The van der Waals surface area contributed by atoms with E-state index in [1.54, 1.807) is 11.0 Å². The second-order valence-corrected chi connectivity index (χ2v) is 6.48. The molecule has 1 saturated carbocycles. The maximum atomic E-state index is 12.7. The minimum Gasteiger partial charge on any atom is -0.481 e. The van der Waals surface area contributed by atoms with Crippen LogP contribution in [0.5, 0.6) is 0 Å². The van der Waals surface area contributed by atoms with E-state index in [4.69, 9.17) is 16.7 Å². The molecule has 1 aromatic heterocycles.